The molecule has 1 fully saturated rings. The number of carbonyl (C=O) groups is 1. The number of sulfonamides is 1. The number of rotatable bonds is 10. The number of carbonyl (C=O) groups excluding carboxylic acids is 1. The maximum atomic E-state index is 13.2. The average molecular weight is 546 g/mol. The fourth-order valence-electron chi connectivity index (χ4n) is 4.69. The first kappa shape index (κ1) is 27.5. The number of nitrogens with zero attached hydrogens (tertiary/aromatic N) is 3. The van der Waals surface area contributed by atoms with Gasteiger partial charge < -0.3 is 14.0 Å². The first-order chi connectivity index (χ1) is 17.9. The van der Waals surface area contributed by atoms with Crippen molar-refractivity contribution in [3.63, 3.8) is 0 Å². The quantitative estimate of drug-likeness (QED) is 0.340. The molecule has 0 saturated heterocycles. The standard InChI is InChI=1S/C27H35N3O5S2/c1-4-34-19-18-30-25-23(35-5-2)12-9-13-24(25)36-27(30)28-26(31)20-14-16-22(17-15-20)37(32,33)29(3)21-10-7-6-8-11-21/h9,12-17,21H,4-8,10-11,18-19H2,1-3H3. The van der Waals surface area contributed by atoms with Crippen LogP contribution in [0.3, 0.4) is 0 Å². The summed E-state index contributed by atoms with van der Waals surface area (Å²) in [6.45, 7) is 5.99. The molecule has 0 spiro atoms. The number of ether oxygens (including phenoxy) is 2. The number of hydrogen-bond donors (Lipinski definition) is 0. The van der Waals surface area contributed by atoms with Crippen LogP contribution in [0.15, 0.2) is 52.4 Å². The highest BCUT2D eigenvalue weighted by Gasteiger charge is 2.29. The zero-order chi connectivity index (χ0) is 26.4. The molecule has 4 rings (SSSR count). The molecule has 0 atom stereocenters. The first-order valence-corrected chi connectivity index (χ1v) is 15.1. The summed E-state index contributed by atoms with van der Waals surface area (Å²) in [6.07, 6.45) is 5.02. The van der Waals surface area contributed by atoms with Gasteiger partial charge in [-0.05, 0) is 63.1 Å². The fourth-order valence-corrected chi connectivity index (χ4v) is 7.18. The van der Waals surface area contributed by atoms with E-state index < -0.39 is 15.9 Å². The molecule has 10 heteroatoms. The van der Waals surface area contributed by atoms with E-state index >= 15 is 0 Å². The van der Waals surface area contributed by atoms with Gasteiger partial charge in [0.05, 0.1) is 22.8 Å². The first-order valence-electron chi connectivity index (χ1n) is 12.9. The summed E-state index contributed by atoms with van der Waals surface area (Å²) in [5.41, 5.74) is 1.21. The molecule has 0 radical (unpaired) electrons. The van der Waals surface area contributed by atoms with Crippen LogP contribution >= 0.6 is 11.3 Å². The SMILES string of the molecule is CCOCCn1c(=NC(=O)c2ccc(S(=O)(=O)N(C)C3CCCCC3)cc2)sc2cccc(OCC)c21. The van der Waals surface area contributed by atoms with Crippen molar-refractivity contribution in [3.8, 4) is 5.75 Å². The maximum Gasteiger partial charge on any atom is 0.279 e. The number of thiazole rings is 1. The second kappa shape index (κ2) is 12.3. The monoisotopic (exact) mass is 545 g/mol. The summed E-state index contributed by atoms with van der Waals surface area (Å²) in [5, 5.41) is 0. The van der Waals surface area contributed by atoms with Crippen LogP contribution in [0.2, 0.25) is 0 Å². The molecule has 0 bridgehead atoms. The Morgan fingerprint density at radius 2 is 1.81 bits per heavy atom. The highest BCUT2D eigenvalue weighted by molar-refractivity contribution is 7.89. The Morgan fingerprint density at radius 3 is 2.49 bits per heavy atom. The predicted octanol–water partition coefficient (Wildman–Crippen LogP) is 4.83. The summed E-state index contributed by atoms with van der Waals surface area (Å²) in [4.78, 5) is 18.3. The third kappa shape index (κ3) is 6.14. The lowest BCUT2D eigenvalue weighted by atomic mass is 9.96. The van der Waals surface area contributed by atoms with Crippen LogP contribution in [0.1, 0.15) is 56.3 Å². The Balaban J connectivity index is 1.63. The van der Waals surface area contributed by atoms with Gasteiger partial charge in [-0.3, -0.25) is 4.79 Å². The van der Waals surface area contributed by atoms with E-state index in [2.05, 4.69) is 4.99 Å². The number of benzene rings is 2. The van der Waals surface area contributed by atoms with Gasteiger partial charge in [0.2, 0.25) is 10.0 Å². The van der Waals surface area contributed by atoms with Gasteiger partial charge in [-0.25, -0.2) is 8.42 Å². The van der Waals surface area contributed by atoms with Gasteiger partial charge in [0.25, 0.3) is 5.91 Å². The van der Waals surface area contributed by atoms with Crippen molar-refractivity contribution in [2.24, 2.45) is 4.99 Å². The van der Waals surface area contributed by atoms with Gasteiger partial charge in [0.15, 0.2) is 4.80 Å². The largest absolute Gasteiger partial charge is 0.492 e. The summed E-state index contributed by atoms with van der Waals surface area (Å²) in [5.74, 6) is 0.303. The minimum atomic E-state index is -3.63. The highest BCUT2D eigenvalue weighted by atomic mass is 32.2. The number of hydrogen-bond acceptors (Lipinski definition) is 6. The van der Waals surface area contributed by atoms with Gasteiger partial charge >= 0.3 is 0 Å². The Hall–Kier alpha value is -2.53. The topological polar surface area (TPSA) is 90.2 Å². The smallest absolute Gasteiger partial charge is 0.279 e. The molecule has 1 saturated carbocycles. The van der Waals surface area contributed by atoms with Crippen molar-refractivity contribution in [3.05, 3.63) is 52.8 Å². The van der Waals surface area contributed by atoms with E-state index in [9.17, 15) is 13.2 Å². The molecule has 37 heavy (non-hydrogen) atoms. The van der Waals surface area contributed by atoms with Crippen LogP contribution in [0.5, 0.6) is 5.75 Å². The third-order valence-electron chi connectivity index (χ3n) is 6.69. The van der Waals surface area contributed by atoms with E-state index in [1.807, 2.05) is 36.6 Å². The number of aromatic nitrogens is 1. The van der Waals surface area contributed by atoms with E-state index in [1.165, 1.54) is 39.9 Å². The second-order valence-electron chi connectivity index (χ2n) is 9.02. The average Bonchev–Trinajstić information content (AvgIpc) is 3.26. The number of para-hydroxylation sites is 1. The van der Waals surface area contributed by atoms with Crippen LogP contribution in [0.25, 0.3) is 10.2 Å². The maximum absolute atomic E-state index is 13.2. The fraction of sp³-hybridized carbons (Fsp3) is 0.481. The molecule has 2 aromatic carbocycles. The molecular formula is C27H35N3O5S2. The summed E-state index contributed by atoms with van der Waals surface area (Å²) in [6, 6.07) is 11.9. The Labute approximate surface area is 222 Å². The summed E-state index contributed by atoms with van der Waals surface area (Å²) in [7, 11) is -1.97. The molecule has 200 valence electrons. The Bertz CT molecular complexity index is 1390. The molecule has 8 nitrogen and oxygen atoms in total. The van der Waals surface area contributed by atoms with Crippen molar-refractivity contribution in [1.82, 2.24) is 8.87 Å². The van der Waals surface area contributed by atoms with Gasteiger partial charge in [0, 0.05) is 31.8 Å². The number of amides is 1. The van der Waals surface area contributed by atoms with Gasteiger partial charge in [-0.2, -0.15) is 9.30 Å². The molecule has 1 aromatic heterocycles. The van der Waals surface area contributed by atoms with Crippen LogP contribution in [0, 0.1) is 0 Å². The van der Waals surface area contributed by atoms with Crippen LogP contribution < -0.4 is 9.54 Å². The zero-order valence-electron chi connectivity index (χ0n) is 21.7. The van der Waals surface area contributed by atoms with Crippen LogP contribution in [-0.4, -0.2) is 56.1 Å². The third-order valence-corrected chi connectivity index (χ3v) is 9.66. The molecule has 0 unspecified atom stereocenters. The predicted molar refractivity (Wildman–Crippen MR) is 146 cm³/mol. The lowest BCUT2D eigenvalue weighted by Gasteiger charge is -2.30. The van der Waals surface area contributed by atoms with Crippen molar-refractivity contribution < 1.29 is 22.7 Å². The van der Waals surface area contributed by atoms with Gasteiger partial charge in [0.1, 0.15) is 11.3 Å². The molecule has 1 aliphatic rings. The van der Waals surface area contributed by atoms with Crippen molar-refractivity contribution in [2.45, 2.75) is 63.4 Å². The highest BCUT2D eigenvalue weighted by Crippen LogP contribution is 2.28. The van der Waals surface area contributed by atoms with Crippen molar-refractivity contribution >= 4 is 37.5 Å². The van der Waals surface area contributed by atoms with E-state index in [0.717, 1.165) is 48.1 Å². The molecule has 3 aromatic rings. The minimum Gasteiger partial charge on any atom is -0.492 e. The lowest BCUT2D eigenvalue weighted by Crippen LogP contribution is -2.38. The summed E-state index contributed by atoms with van der Waals surface area (Å²) < 4.78 is 42.1. The Morgan fingerprint density at radius 1 is 1.08 bits per heavy atom. The van der Waals surface area contributed by atoms with Gasteiger partial charge in [-0.15, -0.1) is 0 Å². The van der Waals surface area contributed by atoms with E-state index in [0.29, 0.717) is 36.7 Å². The second-order valence-corrected chi connectivity index (χ2v) is 12.0. The molecule has 1 aliphatic carbocycles. The Kier molecular flexibility index (Phi) is 9.17. The van der Waals surface area contributed by atoms with Crippen molar-refractivity contribution in [1.29, 1.82) is 0 Å². The molecule has 0 aliphatic heterocycles. The van der Waals surface area contributed by atoms with Crippen molar-refractivity contribution in [2.75, 3.05) is 26.9 Å². The molecular weight excluding hydrogens is 510 g/mol. The van der Waals surface area contributed by atoms with E-state index in [-0.39, 0.29) is 10.9 Å². The number of fused-ring (bicyclic) bond motifs is 1. The zero-order valence-corrected chi connectivity index (χ0v) is 23.3. The van der Waals surface area contributed by atoms with Crippen LogP contribution in [-0.2, 0) is 21.3 Å². The molecule has 1 amide bonds. The normalized spacial score (nSPS) is 15.5. The van der Waals surface area contributed by atoms with Crippen LogP contribution in [0.4, 0.5) is 0 Å². The molecule has 0 N–H and O–H groups in total. The van der Waals surface area contributed by atoms with E-state index in [1.54, 1.807) is 7.05 Å². The summed E-state index contributed by atoms with van der Waals surface area (Å²) >= 11 is 1.41. The molecule has 1 heterocycles. The lowest BCUT2D eigenvalue weighted by molar-refractivity contribution is 0.0996. The minimum absolute atomic E-state index is 0.0248. The van der Waals surface area contributed by atoms with Gasteiger partial charge in [-0.1, -0.05) is 36.7 Å². The van der Waals surface area contributed by atoms with E-state index in [4.69, 9.17) is 9.47 Å².